The Morgan fingerprint density at radius 3 is 2.44 bits per heavy atom. The van der Waals surface area contributed by atoms with Gasteiger partial charge in [0, 0.05) is 40.3 Å². The predicted molar refractivity (Wildman–Crippen MR) is 133 cm³/mol. The van der Waals surface area contributed by atoms with E-state index in [9.17, 15) is 24.4 Å². The van der Waals surface area contributed by atoms with Gasteiger partial charge in [0.15, 0.2) is 0 Å². The van der Waals surface area contributed by atoms with Crippen molar-refractivity contribution in [3.63, 3.8) is 0 Å². The number of aromatic nitrogens is 1. The Morgan fingerprint density at radius 1 is 1.08 bits per heavy atom. The van der Waals surface area contributed by atoms with Gasteiger partial charge >= 0.3 is 0 Å². The van der Waals surface area contributed by atoms with Crippen LogP contribution < -0.4 is 10.1 Å². The smallest absolute Gasteiger partial charge is 0.269 e. The highest BCUT2D eigenvalue weighted by Gasteiger charge is 2.26. The van der Waals surface area contributed by atoms with Crippen molar-refractivity contribution in [2.45, 2.75) is 6.61 Å². The number of nitrogens with zero attached hydrogens (tertiary/aromatic N) is 2. The molecule has 1 aliphatic rings. The molecule has 0 spiro atoms. The van der Waals surface area contributed by atoms with Crippen LogP contribution in [0.4, 0.5) is 15.8 Å². The van der Waals surface area contributed by atoms with Gasteiger partial charge in [-0.1, -0.05) is 0 Å². The Labute approximate surface area is 205 Å². The van der Waals surface area contributed by atoms with Crippen LogP contribution in [0.3, 0.4) is 0 Å². The Kier molecular flexibility index (Phi) is 5.83. The highest BCUT2D eigenvalue weighted by molar-refractivity contribution is 6.34. The lowest BCUT2D eigenvalue weighted by Gasteiger charge is -2.14. The summed E-state index contributed by atoms with van der Waals surface area (Å²) in [7, 11) is 1.56. The molecule has 0 saturated carbocycles. The molecular weight excluding hydrogens is 465 g/mol. The second kappa shape index (κ2) is 9.12. The minimum absolute atomic E-state index is 0.0598. The van der Waals surface area contributed by atoms with Crippen LogP contribution in [0.1, 0.15) is 16.8 Å². The molecule has 0 saturated heterocycles. The summed E-state index contributed by atoms with van der Waals surface area (Å²) in [5, 5.41) is 24.1. The zero-order valence-electron chi connectivity index (χ0n) is 19.1. The third-order valence-corrected chi connectivity index (χ3v) is 6.02. The molecule has 9 heteroatoms. The number of hydrogen-bond donors (Lipinski definition) is 2. The fourth-order valence-corrected chi connectivity index (χ4v) is 4.33. The van der Waals surface area contributed by atoms with E-state index in [0.717, 1.165) is 0 Å². The second-order valence-electron chi connectivity index (χ2n) is 8.14. The van der Waals surface area contributed by atoms with Crippen LogP contribution in [0.25, 0.3) is 28.6 Å². The van der Waals surface area contributed by atoms with Crippen LogP contribution in [0.5, 0.6) is 5.75 Å². The van der Waals surface area contributed by atoms with Crippen LogP contribution in [0.15, 0.2) is 72.8 Å². The molecule has 0 atom stereocenters. The Bertz CT molecular complexity index is 1520. The largest absolute Gasteiger partial charge is 0.497 e. The summed E-state index contributed by atoms with van der Waals surface area (Å²) in [6.45, 7) is -0.316. The summed E-state index contributed by atoms with van der Waals surface area (Å²) < 4.78 is 21.1. The van der Waals surface area contributed by atoms with E-state index >= 15 is 0 Å². The lowest BCUT2D eigenvalue weighted by atomic mass is 10.1. The van der Waals surface area contributed by atoms with Gasteiger partial charge in [-0.15, -0.1) is 0 Å². The van der Waals surface area contributed by atoms with Crippen LogP contribution >= 0.6 is 0 Å². The van der Waals surface area contributed by atoms with Gasteiger partial charge in [-0.25, -0.2) is 4.39 Å². The maximum Gasteiger partial charge on any atom is 0.269 e. The minimum atomic E-state index is -0.482. The minimum Gasteiger partial charge on any atom is -0.497 e. The van der Waals surface area contributed by atoms with Gasteiger partial charge in [-0.3, -0.25) is 14.9 Å². The molecule has 0 fully saturated rings. The Balaban J connectivity index is 1.75. The molecule has 0 bridgehead atoms. The number of hydrogen-bond acceptors (Lipinski definition) is 5. The molecule has 180 valence electrons. The Morgan fingerprint density at radius 2 is 1.81 bits per heavy atom. The van der Waals surface area contributed by atoms with E-state index in [1.165, 1.54) is 30.3 Å². The van der Waals surface area contributed by atoms with E-state index < -0.39 is 10.7 Å². The van der Waals surface area contributed by atoms with Crippen molar-refractivity contribution in [1.29, 1.82) is 0 Å². The molecule has 1 amide bonds. The summed E-state index contributed by atoms with van der Waals surface area (Å²) in [5.41, 5.74) is 4.19. The van der Waals surface area contributed by atoms with Crippen molar-refractivity contribution >= 4 is 28.9 Å². The maximum atomic E-state index is 14.0. The van der Waals surface area contributed by atoms with Gasteiger partial charge in [0.1, 0.15) is 11.6 Å². The molecule has 1 aliphatic heterocycles. The van der Waals surface area contributed by atoms with Gasteiger partial charge in [0.25, 0.3) is 11.6 Å². The molecule has 0 unspecified atom stereocenters. The number of rotatable bonds is 6. The van der Waals surface area contributed by atoms with Crippen LogP contribution in [-0.2, 0) is 11.4 Å². The maximum absolute atomic E-state index is 14.0. The lowest BCUT2D eigenvalue weighted by Crippen LogP contribution is -2.05. The van der Waals surface area contributed by atoms with Gasteiger partial charge in [-0.05, 0) is 72.3 Å². The molecule has 0 radical (unpaired) electrons. The third-order valence-electron chi connectivity index (χ3n) is 6.02. The number of halogens is 1. The second-order valence-corrected chi connectivity index (χ2v) is 8.14. The van der Waals surface area contributed by atoms with Crippen molar-refractivity contribution in [1.82, 2.24) is 4.57 Å². The lowest BCUT2D eigenvalue weighted by molar-refractivity contribution is -0.384. The van der Waals surface area contributed by atoms with Crippen molar-refractivity contribution < 1.29 is 24.0 Å². The Hall–Kier alpha value is -4.76. The van der Waals surface area contributed by atoms with Crippen molar-refractivity contribution in [3.8, 4) is 22.7 Å². The van der Waals surface area contributed by atoms with Gasteiger partial charge in [0.2, 0.25) is 0 Å². The molecule has 0 aliphatic carbocycles. The fraction of sp³-hybridized carbons (Fsp3) is 0.0741. The molecule has 3 aromatic carbocycles. The number of fused-ring (bicyclic) bond motifs is 1. The molecule has 36 heavy (non-hydrogen) atoms. The van der Waals surface area contributed by atoms with E-state index in [2.05, 4.69) is 5.32 Å². The van der Waals surface area contributed by atoms with E-state index in [1.807, 2.05) is 16.7 Å². The SMILES string of the molecule is COc1ccc(-n2c(/C=C3/C(=O)Nc4ccc(F)cc43)cc(CO)c2-c2ccc([N+](=O)[O-])cc2)cc1. The van der Waals surface area contributed by atoms with E-state index in [0.29, 0.717) is 45.2 Å². The molecule has 4 aromatic rings. The molecule has 2 N–H and O–H groups in total. The molecule has 5 rings (SSSR count). The summed E-state index contributed by atoms with van der Waals surface area (Å²) in [4.78, 5) is 23.4. The number of anilines is 1. The zero-order chi connectivity index (χ0) is 25.4. The number of carbonyl (C=O) groups excluding carboxylic acids is 1. The number of non-ortho nitro benzene ring substituents is 1. The molecular formula is C27H20FN3O5. The summed E-state index contributed by atoms with van der Waals surface area (Å²) >= 11 is 0. The summed E-state index contributed by atoms with van der Waals surface area (Å²) in [6.07, 6.45) is 1.64. The average Bonchev–Trinajstić information content (AvgIpc) is 3.41. The number of aliphatic hydroxyl groups is 1. The summed E-state index contributed by atoms with van der Waals surface area (Å²) in [5.74, 6) is -0.200. The number of nitro groups is 1. The van der Waals surface area contributed by atoms with Gasteiger partial charge < -0.3 is 19.7 Å². The number of nitro benzene ring substituents is 1. The standard InChI is InChI=1S/C27H20FN3O5/c1-36-22-9-7-19(8-10-22)30-21(14-24-23-13-18(28)4-11-25(23)29-27(24)33)12-17(15-32)26(30)16-2-5-20(6-3-16)31(34)35/h2-14,32H,15H2,1H3,(H,29,33)/b24-14+. The first-order valence-electron chi connectivity index (χ1n) is 11.0. The van der Waals surface area contributed by atoms with Crippen molar-refractivity contribution in [3.05, 3.63) is 106 Å². The number of amides is 1. The average molecular weight is 485 g/mol. The predicted octanol–water partition coefficient (Wildman–Crippen LogP) is 5.19. The highest BCUT2D eigenvalue weighted by atomic mass is 19.1. The van der Waals surface area contributed by atoms with Crippen LogP contribution in [0.2, 0.25) is 0 Å². The number of carbonyl (C=O) groups is 1. The molecule has 2 heterocycles. The van der Waals surface area contributed by atoms with Crippen LogP contribution in [0, 0.1) is 15.9 Å². The monoisotopic (exact) mass is 485 g/mol. The quantitative estimate of drug-likeness (QED) is 0.222. The third kappa shape index (κ3) is 4.01. The first-order chi connectivity index (χ1) is 17.4. The first-order valence-corrected chi connectivity index (χ1v) is 11.0. The number of aliphatic hydroxyl groups excluding tert-OH is 1. The number of benzene rings is 3. The van der Waals surface area contributed by atoms with E-state index in [-0.39, 0.29) is 23.8 Å². The summed E-state index contributed by atoms with van der Waals surface area (Å²) in [6, 6.07) is 19.0. The van der Waals surface area contributed by atoms with Gasteiger partial charge in [-0.2, -0.15) is 0 Å². The van der Waals surface area contributed by atoms with E-state index in [1.54, 1.807) is 43.5 Å². The van der Waals surface area contributed by atoms with Gasteiger partial charge in [0.05, 0.1) is 29.9 Å². The van der Waals surface area contributed by atoms with Crippen molar-refractivity contribution in [2.24, 2.45) is 0 Å². The topological polar surface area (TPSA) is 107 Å². The molecule has 1 aromatic heterocycles. The molecule has 8 nitrogen and oxygen atoms in total. The normalized spacial score (nSPS) is 13.5. The van der Waals surface area contributed by atoms with E-state index in [4.69, 9.17) is 4.74 Å². The first kappa shape index (κ1) is 23.0. The number of methoxy groups -OCH3 is 1. The highest BCUT2D eigenvalue weighted by Crippen LogP contribution is 2.37. The number of nitrogens with one attached hydrogen (secondary N) is 1. The number of ether oxygens (including phenoxy) is 1. The fourth-order valence-electron chi connectivity index (χ4n) is 4.33. The van der Waals surface area contributed by atoms with Crippen molar-refractivity contribution in [2.75, 3.05) is 12.4 Å². The zero-order valence-corrected chi connectivity index (χ0v) is 19.1. The van der Waals surface area contributed by atoms with Crippen LogP contribution in [-0.4, -0.2) is 27.6 Å².